The van der Waals surface area contributed by atoms with E-state index in [2.05, 4.69) is 5.32 Å². The van der Waals surface area contributed by atoms with Crippen molar-refractivity contribution in [2.75, 3.05) is 13.7 Å². The summed E-state index contributed by atoms with van der Waals surface area (Å²) in [6.07, 6.45) is 0. The molecule has 23 heavy (non-hydrogen) atoms. The van der Waals surface area contributed by atoms with Gasteiger partial charge in [-0.05, 0) is 42.0 Å². The number of benzene rings is 2. The minimum atomic E-state index is -0.507. The molecule has 2 amide bonds. The average molecular weight is 314 g/mol. The number of amides is 2. The molecule has 2 aromatic rings. The highest BCUT2D eigenvalue weighted by Crippen LogP contribution is 2.13. The van der Waals surface area contributed by atoms with Gasteiger partial charge in [-0.2, -0.15) is 0 Å². The van der Waals surface area contributed by atoms with Gasteiger partial charge in [0.25, 0.3) is 5.91 Å². The van der Waals surface area contributed by atoms with Gasteiger partial charge in [-0.25, -0.2) is 0 Å². The van der Waals surface area contributed by atoms with E-state index in [1.165, 1.54) is 0 Å². The van der Waals surface area contributed by atoms with Crippen LogP contribution in [0.15, 0.2) is 48.5 Å². The van der Waals surface area contributed by atoms with Crippen molar-refractivity contribution >= 4 is 11.8 Å². The quantitative estimate of drug-likeness (QED) is 0.810. The molecule has 3 N–H and O–H groups in total. The molecule has 0 unspecified atom stereocenters. The second-order valence-electron chi connectivity index (χ2n) is 4.81. The molecule has 2 rings (SSSR count). The zero-order chi connectivity index (χ0) is 16.7. The van der Waals surface area contributed by atoms with E-state index < -0.39 is 5.91 Å². The van der Waals surface area contributed by atoms with Gasteiger partial charge in [0, 0.05) is 12.1 Å². The van der Waals surface area contributed by atoms with Crippen LogP contribution in [0.2, 0.25) is 0 Å². The van der Waals surface area contributed by atoms with Crippen molar-refractivity contribution in [2.45, 2.75) is 6.54 Å². The third-order valence-corrected chi connectivity index (χ3v) is 3.13. The number of hydrogen-bond acceptors (Lipinski definition) is 4. The highest BCUT2D eigenvalue weighted by Gasteiger charge is 2.05. The molecule has 0 fully saturated rings. The van der Waals surface area contributed by atoms with Crippen LogP contribution in [0.3, 0.4) is 0 Å². The Hall–Kier alpha value is -3.02. The fourth-order valence-corrected chi connectivity index (χ4v) is 1.90. The molecule has 0 saturated heterocycles. The van der Waals surface area contributed by atoms with E-state index in [1.807, 2.05) is 24.3 Å². The fraction of sp³-hybridized carbons (Fsp3) is 0.176. The van der Waals surface area contributed by atoms with Gasteiger partial charge < -0.3 is 20.5 Å². The Morgan fingerprint density at radius 1 is 1.09 bits per heavy atom. The SMILES string of the molecule is COc1cccc(CNC(=O)COc2ccc(C(N)=O)cc2)c1. The summed E-state index contributed by atoms with van der Waals surface area (Å²) in [6, 6.07) is 13.7. The van der Waals surface area contributed by atoms with Crippen LogP contribution in [0.4, 0.5) is 0 Å². The van der Waals surface area contributed by atoms with Crippen LogP contribution in [-0.2, 0) is 11.3 Å². The molecule has 6 nitrogen and oxygen atoms in total. The van der Waals surface area contributed by atoms with Crippen molar-refractivity contribution in [1.82, 2.24) is 5.32 Å². The summed E-state index contributed by atoms with van der Waals surface area (Å²) in [4.78, 5) is 22.7. The Kier molecular flexibility index (Phi) is 5.57. The van der Waals surface area contributed by atoms with E-state index in [4.69, 9.17) is 15.2 Å². The molecule has 0 aromatic heterocycles. The lowest BCUT2D eigenvalue weighted by molar-refractivity contribution is -0.123. The first-order valence-corrected chi connectivity index (χ1v) is 7.01. The summed E-state index contributed by atoms with van der Waals surface area (Å²) in [5, 5.41) is 2.76. The molecule has 0 bridgehead atoms. The normalized spacial score (nSPS) is 9.96. The van der Waals surface area contributed by atoms with Crippen LogP contribution >= 0.6 is 0 Å². The summed E-state index contributed by atoms with van der Waals surface area (Å²) >= 11 is 0. The molecule has 120 valence electrons. The molecule has 0 atom stereocenters. The van der Waals surface area contributed by atoms with Gasteiger partial charge in [0.05, 0.1) is 7.11 Å². The van der Waals surface area contributed by atoms with Gasteiger partial charge in [0.2, 0.25) is 5.91 Å². The van der Waals surface area contributed by atoms with Crippen molar-refractivity contribution in [1.29, 1.82) is 0 Å². The van der Waals surface area contributed by atoms with Crippen LogP contribution in [-0.4, -0.2) is 25.5 Å². The summed E-state index contributed by atoms with van der Waals surface area (Å²) in [7, 11) is 1.59. The molecule has 0 radical (unpaired) electrons. The number of carbonyl (C=O) groups excluding carboxylic acids is 2. The minimum absolute atomic E-state index is 0.111. The molecular formula is C17H18N2O4. The Labute approximate surface area is 134 Å². The van der Waals surface area contributed by atoms with Crippen molar-refractivity contribution in [3.8, 4) is 11.5 Å². The lowest BCUT2D eigenvalue weighted by Crippen LogP contribution is -2.28. The zero-order valence-corrected chi connectivity index (χ0v) is 12.7. The number of ether oxygens (including phenoxy) is 2. The topological polar surface area (TPSA) is 90.7 Å². The third kappa shape index (κ3) is 5.03. The highest BCUT2D eigenvalue weighted by atomic mass is 16.5. The predicted octanol–water partition coefficient (Wildman–Crippen LogP) is 1.49. The molecule has 0 heterocycles. The van der Waals surface area contributed by atoms with Crippen LogP contribution in [0, 0.1) is 0 Å². The Bertz CT molecular complexity index is 683. The van der Waals surface area contributed by atoms with Crippen molar-refractivity contribution in [3.05, 3.63) is 59.7 Å². The number of methoxy groups -OCH3 is 1. The zero-order valence-electron chi connectivity index (χ0n) is 12.7. The molecule has 0 aliphatic carbocycles. The van der Waals surface area contributed by atoms with E-state index in [1.54, 1.807) is 31.4 Å². The van der Waals surface area contributed by atoms with Crippen molar-refractivity contribution < 1.29 is 19.1 Å². The lowest BCUT2D eigenvalue weighted by atomic mass is 10.2. The highest BCUT2D eigenvalue weighted by molar-refractivity contribution is 5.92. The summed E-state index contributed by atoms with van der Waals surface area (Å²) < 4.78 is 10.5. The van der Waals surface area contributed by atoms with Crippen molar-refractivity contribution in [3.63, 3.8) is 0 Å². The second kappa shape index (κ2) is 7.84. The molecule has 0 aliphatic rings. The van der Waals surface area contributed by atoms with Crippen molar-refractivity contribution in [2.24, 2.45) is 5.73 Å². The maximum atomic E-state index is 11.8. The molecular weight excluding hydrogens is 296 g/mol. The fourth-order valence-electron chi connectivity index (χ4n) is 1.90. The van der Waals surface area contributed by atoms with Gasteiger partial charge in [-0.1, -0.05) is 12.1 Å². The largest absolute Gasteiger partial charge is 0.497 e. The van der Waals surface area contributed by atoms with E-state index in [0.29, 0.717) is 17.9 Å². The first kappa shape index (κ1) is 16.4. The van der Waals surface area contributed by atoms with Gasteiger partial charge in [-0.3, -0.25) is 9.59 Å². The number of nitrogens with one attached hydrogen (secondary N) is 1. The number of nitrogens with two attached hydrogens (primary N) is 1. The van der Waals surface area contributed by atoms with Crippen LogP contribution in [0.5, 0.6) is 11.5 Å². The first-order valence-electron chi connectivity index (χ1n) is 7.01. The monoisotopic (exact) mass is 314 g/mol. The molecule has 2 aromatic carbocycles. The van der Waals surface area contributed by atoms with Gasteiger partial charge >= 0.3 is 0 Å². The van der Waals surface area contributed by atoms with Crippen LogP contribution in [0.25, 0.3) is 0 Å². The van der Waals surface area contributed by atoms with Crippen LogP contribution < -0.4 is 20.5 Å². The molecule has 6 heteroatoms. The standard InChI is InChI=1S/C17H18N2O4/c1-22-15-4-2-3-12(9-15)10-19-16(20)11-23-14-7-5-13(6-8-14)17(18)21/h2-9H,10-11H2,1H3,(H2,18,21)(H,19,20). The Morgan fingerprint density at radius 3 is 2.48 bits per heavy atom. The molecule has 0 aliphatic heterocycles. The average Bonchev–Trinajstić information content (AvgIpc) is 2.58. The number of rotatable bonds is 7. The number of hydrogen-bond donors (Lipinski definition) is 2. The molecule has 0 spiro atoms. The third-order valence-electron chi connectivity index (χ3n) is 3.13. The maximum absolute atomic E-state index is 11.8. The van der Waals surface area contributed by atoms with E-state index in [9.17, 15) is 9.59 Å². The summed E-state index contributed by atoms with van der Waals surface area (Å²) in [5.74, 6) is 0.480. The lowest BCUT2D eigenvalue weighted by Gasteiger charge is -2.08. The van der Waals surface area contributed by atoms with Gasteiger partial charge in [0.1, 0.15) is 11.5 Å². The Morgan fingerprint density at radius 2 is 1.83 bits per heavy atom. The number of carbonyl (C=O) groups is 2. The first-order chi connectivity index (χ1) is 11.1. The van der Waals surface area contributed by atoms with Crippen LogP contribution in [0.1, 0.15) is 15.9 Å². The minimum Gasteiger partial charge on any atom is -0.497 e. The van der Waals surface area contributed by atoms with E-state index >= 15 is 0 Å². The maximum Gasteiger partial charge on any atom is 0.258 e. The Balaban J connectivity index is 1.79. The summed E-state index contributed by atoms with van der Waals surface area (Å²) in [6.45, 7) is 0.278. The van der Waals surface area contributed by atoms with E-state index in [-0.39, 0.29) is 12.5 Å². The summed E-state index contributed by atoms with van der Waals surface area (Å²) in [5.41, 5.74) is 6.47. The number of primary amides is 1. The van der Waals surface area contributed by atoms with E-state index in [0.717, 1.165) is 11.3 Å². The molecule has 0 saturated carbocycles. The van der Waals surface area contributed by atoms with Gasteiger partial charge in [-0.15, -0.1) is 0 Å². The smallest absolute Gasteiger partial charge is 0.258 e. The van der Waals surface area contributed by atoms with Gasteiger partial charge in [0.15, 0.2) is 6.61 Å². The second-order valence-corrected chi connectivity index (χ2v) is 4.81. The predicted molar refractivity (Wildman–Crippen MR) is 85.3 cm³/mol.